The van der Waals surface area contributed by atoms with Gasteiger partial charge in [0.25, 0.3) is 0 Å². The lowest BCUT2D eigenvalue weighted by molar-refractivity contribution is 0.0735. The molecule has 0 aliphatic heterocycles. The SMILES string of the molecule is O=C(Oc1ccc2c(=O)c(Oc3ccc4ccccc4c3)coc2c1)c1ccncc1. The molecule has 0 amide bonds. The second-order valence-corrected chi connectivity index (χ2v) is 6.82. The van der Waals surface area contributed by atoms with Crippen LogP contribution in [0.25, 0.3) is 21.7 Å². The molecule has 6 heteroatoms. The predicted octanol–water partition coefficient (Wildman–Crippen LogP) is 5.35. The lowest BCUT2D eigenvalue weighted by atomic mass is 10.1. The Morgan fingerprint density at radius 2 is 1.61 bits per heavy atom. The van der Waals surface area contributed by atoms with E-state index in [2.05, 4.69) is 4.98 Å². The van der Waals surface area contributed by atoms with Crippen LogP contribution in [0.1, 0.15) is 10.4 Å². The molecule has 0 spiro atoms. The van der Waals surface area contributed by atoms with E-state index < -0.39 is 5.97 Å². The van der Waals surface area contributed by atoms with Crippen molar-refractivity contribution in [2.24, 2.45) is 0 Å². The number of rotatable bonds is 4. The summed E-state index contributed by atoms with van der Waals surface area (Å²) in [5, 5.41) is 2.40. The molecule has 0 N–H and O–H groups in total. The van der Waals surface area contributed by atoms with E-state index in [1.165, 1.54) is 30.8 Å². The lowest BCUT2D eigenvalue weighted by Crippen LogP contribution is -2.09. The Kier molecular flexibility index (Phi) is 4.65. The van der Waals surface area contributed by atoms with Crippen LogP contribution < -0.4 is 14.9 Å². The number of pyridine rings is 1. The van der Waals surface area contributed by atoms with Crippen molar-refractivity contribution in [1.29, 1.82) is 0 Å². The number of esters is 1. The van der Waals surface area contributed by atoms with Crippen LogP contribution in [-0.2, 0) is 0 Å². The molecule has 0 fully saturated rings. The van der Waals surface area contributed by atoms with Crippen molar-refractivity contribution in [2.75, 3.05) is 0 Å². The first kappa shape index (κ1) is 18.6. The molecule has 6 nitrogen and oxygen atoms in total. The summed E-state index contributed by atoms with van der Waals surface area (Å²) in [4.78, 5) is 28.9. The molecule has 150 valence electrons. The Hall–Kier alpha value is -4.45. The van der Waals surface area contributed by atoms with Crippen molar-refractivity contribution >= 4 is 27.7 Å². The molecule has 0 unspecified atom stereocenters. The number of hydrogen-bond donors (Lipinski definition) is 0. The lowest BCUT2D eigenvalue weighted by Gasteiger charge is -2.08. The third-order valence-corrected chi connectivity index (χ3v) is 4.79. The van der Waals surface area contributed by atoms with Gasteiger partial charge in [0.15, 0.2) is 0 Å². The van der Waals surface area contributed by atoms with E-state index in [9.17, 15) is 9.59 Å². The fraction of sp³-hybridized carbons (Fsp3) is 0. The van der Waals surface area contributed by atoms with Gasteiger partial charge in [-0.05, 0) is 47.2 Å². The van der Waals surface area contributed by atoms with Gasteiger partial charge in [0, 0.05) is 18.5 Å². The Bertz CT molecular complexity index is 1470. The number of carbonyl (C=O) groups is 1. The maximum atomic E-state index is 12.9. The van der Waals surface area contributed by atoms with Crippen molar-refractivity contribution in [2.45, 2.75) is 0 Å². The van der Waals surface area contributed by atoms with Crippen LogP contribution in [0.3, 0.4) is 0 Å². The highest BCUT2D eigenvalue weighted by atomic mass is 16.5. The van der Waals surface area contributed by atoms with Gasteiger partial charge in [0.1, 0.15) is 23.3 Å². The molecule has 3 aromatic carbocycles. The Morgan fingerprint density at radius 1 is 0.839 bits per heavy atom. The van der Waals surface area contributed by atoms with Gasteiger partial charge in [-0.1, -0.05) is 30.3 Å². The average Bonchev–Trinajstić information content (AvgIpc) is 2.81. The van der Waals surface area contributed by atoms with Gasteiger partial charge in [-0.15, -0.1) is 0 Å². The summed E-state index contributed by atoms with van der Waals surface area (Å²) in [6.45, 7) is 0. The minimum absolute atomic E-state index is 0.0734. The summed E-state index contributed by atoms with van der Waals surface area (Å²) >= 11 is 0. The van der Waals surface area contributed by atoms with Gasteiger partial charge in [-0.2, -0.15) is 0 Å². The topological polar surface area (TPSA) is 78.6 Å². The van der Waals surface area contributed by atoms with Gasteiger partial charge in [0.2, 0.25) is 11.2 Å². The molecule has 2 aromatic heterocycles. The number of fused-ring (bicyclic) bond motifs is 2. The molecule has 5 rings (SSSR count). The summed E-state index contributed by atoms with van der Waals surface area (Å²) in [6.07, 6.45) is 4.27. The number of benzene rings is 3. The molecular formula is C25H15NO5. The molecule has 0 saturated carbocycles. The van der Waals surface area contributed by atoms with Crippen LogP contribution in [0.4, 0.5) is 0 Å². The summed E-state index contributed by atoms with van der Waals surface area (Å²) in [7, 11) is 0. The maximum Gasteiger partial charge on any atom is 0.343 e. The van der Waals surface area contributed by atoms with Crippen molar-refractivity contribution in [1.82, 2.24) is 4.98 Å². The van der Waals surface area contributed by atoms with Crippen molar-refractivity contribution in [3.8, 4) is 17.2 Å². The van der Waals surface area contributed by atoms with Crippen LogP contribution in [0.5, 0.6) is 17.2 Å². The second kappa shape index (κ2) is 7.76. The molecular weight excluding hydrogens is 394 g/mol. The third kappa shape index (κ3) is 3.74. The summed E-state index contributed by atoms with van der Waals surface area (Å²) in [6, 6.07) is 21.2. The van der Waals surface area contributed by atoms with Crippen molar-refractivity contribution < 1.29 is 18.7 Å². The number of nitrogens with zero attached hydrogens (tertiary/aromatic N) is 1. The second-order valence-electron chi connectivity index (χ2n) is 6.82. The zero-order chi connectivity index (χ0) is 21.2. The van der Waals surface area contributed by atoms with E-state index in [1.807, 2.05) is 36.4 Å². The molecule has 31 heavy (non-hydrogen) atoms. The quantitative estimate of drug-likeness (QED) is 0.294. The fourth-order valence-electron chi connectivity index (χ4n) is 3.24. The van der Waals surface area contributed by atoms with Gasteiger partial charge < -0.3 is 13.9 Å². The average molecular weight is 409 g/mol. The van der Waals surface area contributed by atoms with Gasteiger partial charge in [-0.3, -0.25) is 9.78 Å². The predicted molar refractivity (Wildman–Crippen MR) is 116 cm³/mol. The van der Waals surface area contributed by atoms with Crippen LogP contribution in [-0.4, -0.2) is 11.0 Å². The van der Waals surface area contributed by atoms with Crippen LogP contribution in [0, 0.1) is 0 Å². The smallest absolute Gasteiger partial charge is 0.343 e. The van der Waals surface area contributed by atoms with Crippen LogP contribution >= 0.6 is 0 Å². The van der Waals surface area contributed by atoms with E-state index in [1.54, 1.807) is 24.3 Å². The van der Waals surface area contributed by atoms with E-state index in [-0.39, 0.29) is 22.5 Å². The Labute approximate surface area is 176 Å². The molecule has 0 aliphatic rings. The van der Waals surface area contributed by atoms with Gasteiger partial charge in [-0.25, -0.2) is 4.79 Å². The minimum Gasteiger partial charge on any atom is -0.460 e. The summed E-state index contributed by atoms with van der Waals surface area (Å²) in [5.41, 5.74) is 0.341. The molecule has 0 bridgehead atoms. The normalized spacial score (nSPS) is 10.8. The van der Waals surface area contributed by atoms with E-state index >= 15 is 0 Å². The van der Waals surface area contributed by atoms with Gasteiger partial charge in [0.05, 0.1) is 10.9 Å². The molecule has 0 saturated heterocycles. The number of hydrogen-bond acceptors (Lipinski definition) is 6. The molecule has 5 aromatic rings. The first-order valence-electron chi connectivity index (χ1n) is 9.52. The first-order chi connectivity index (χ1) is 15.2. The minimum atomic E-state index is -0.527. The largest absolute Gasteiger partial charge is 0.460 e. The molecule has 0 atom stereocenters. The van der Waals surface area contributed by atoms with E-state index in [0.717, 1.165) is 10.8 Å². The summed E-state index contributed by atoms with van der Waals surface area (Å²) in [5.74, 6) is 0.346. The van der Waals surface area contributed by atoms with Crippen molar-refractivity contribution in [3.05, 3.63) is 107 Å². The standard InChI is InChI=1S/C25H15NO5/c27-24-21-8-7-20(31-25(28)17-9-11-26-12-10-17)14-22(21)29-15-23(24)30-19-6-5-16-3-1-2-4-18(16)13-19/h1-15H. The number of aromatic nitrogens is 1. The highest BCUT2D eigenvalue weighted by Gasteiger charge is 2.13. The van der Waals surface area contributed by atoms with Gasteiger partial charge >= 0.3 is 5.97 Å². The number of carbonyl (C=O) groups excluding carboxylic acids is 1. The first-order valence-corrected chi connectivity index (χ1v) is 9.52. The Balaban J connectivity index is 1.42. The zero-order valence-electron chi connectivity index (χ0n) is 16.1. The maximum absolute atomic E-state index is 12.9. The van der Waals surface area contributed by atoms with Crippen LogP contribution in [0.15, 0.2) is 101 Å². The zero-order valence-corrected chi connectivity index (χ0v) is 16.1. The van der Waals surface area contributed by atoms with E-state index in [0.29, 0.717) is 16.7 Å². The summed E-state index contributed by atoms with van der Waals surface area (Å²) < 4.78 is 16.7. The highest BCUT2D eigenvalue weighted by molar-refractivity contribution is 5.91. The molecule has 2 heterocycles. The Morgan fingerprint density at radius 3 is 2.45 bits per heavy atom. The van der Waals surface area contributed by atoms with E-state index in [4.69, 9.17) is 13.9 Å². The molecule has 0 radical (unpaired) electrons. The van der Waals surface area contributed by atoms with Crippen LogP contribution in [0.2, 0.25) is 0 Å². The highest BCUT2D eigenvalue weighted by Crippen LogP contribution is 2.26. The third-order valence-electron chi connectivity index (χ3n) is 4.79. The number of ether oxygens (including phenoxy) is 2. The molecule has 0 aliphatic carbocycles. The van der Waals surface area contributed by atoms with Crippen molar-refractivity contribution in [3.63, 3.8) is 0 Å². The fourth-order valence-corrected chi connectivity index (χ4v) is 3.24. The monoisotopic (exact) mass is 409 g/mol.